The second-order valence-corrected chi connectivity index (χ2v) is 8.31. The number of aromatic nitrogens is 3. The number of nitrogens with zero attached hydrogens (tertiary/aromatic N) is 2. The van der Waals surface area contributed by atoms with Crippen LogP contribution in [-0.4, -0.2) is 21.0 Å². The van der Waals surface area contributed by atoms with E-state index in [0.29, 0.717) is 5.01 Å². The van der Waals surface area contributed by atoms with E-state index in [4.69, 9.17) is 0 Å². The maximum atomic E-state index is 14.0. The lowest BCUT2D eigenvalue weighted by Gasteiger charge is -2.08. The van der Waals surface area contributed by atoms with E-state index in [0.717, 1.165) is 58.7 Å². The molecule has 0 spiro atoms. The van der Waals surface area contributed by atoms with E-state index in [1.165, 1.54) is 23.0 Å². The third-order valence-electron chi connectivity index (χ3n) is 5.38. The van der Waals surface area contributed by atoms with Crippen LogP contribution in [0.5, 0.6) is 0 Å². The van der Waals surface area contributed by atoms with E-state index in [-0.39, 0.29) is 17.8 Å². The maximum absolute atomic E-state index is 14.0. The van der Waals surface area contributed by atoms with Crippen molar-refractivity contribution >= 4 is 17.1 Å². The molecule has 0 saturated heterocycles. The van der Waals surface area contributed by atoms with Crippen LogP contribution in [0.15, 0.2) is 48.8 Å². The number of fused-ring (bicyclic) bond motifs is 3. The van der Waals surface area contributed by atoms with Crippen molar-refractivity contribution in [3.8, 4) is 21.6 Å². The third kappa shape index (κ3) is 3.35. The van der Waals surface area contributed by atoms with Gasteiger partial charge >= 0.3 is 0 Å². The van der Waals surface area contributed by atoms with Crippen LogP contribution in [0.3, 0.4) is 0 Å². The zero-order valence-electron chi connectivity index (χ0n) is 15.9. The van der Waals surface area contributed by atoms with Crippen molar-refractivity contribution in [1.82, 2.24) is 15.2 Å². The Morgan fingerprint density at radius 1 is 1.10 bits per heavy atom. The molecule has 2 heterocycles. The van der Waals surface area contributed by atoms with Crippen LogP contribution in [0, 0.1) is 11.6 Å². The summed E-state index contributed by atoms with van der Waals surface area (Å²) in [5, 5.41) is 7.14. The monoisotopic (exact) mass is 421 g/mol. The largest absolute Gasteiger partial charge is 0.291 e. The predicted octanol–water partition coefficient (Wildman–Crippen LogP) is 5.39. The van der Waals surface area contributed by atoms with E-state index in [1.807, 2.05) is 6.20 Å². The molecule has 2 aromatic carbocycles. The van der Waals surface area contributed by atoms with Gasteiger partial charge in [0.2, 0.25) is 0 Å². The molecule has 1 aliphatic rings. The van der Waals surface area contributed by atoms with Crippen molar-refractivity contribution in [3.05, 3.63) is 82.3 Å². The lowest BCUT2D eigenvalue weighted by Crippen LogP contribution is -2.07. The predicted molar refractivity (Wildman–Crippen MR) is 112 cm³/mol. The molecule has 0 atom stereocenters. The highest BCUT2D eigenvalue weighted by Gasteiger charge is 2.24. The van der Waals surface area contributed by atoms with Crippen molar-refractivity contribution in [2.24, 2.45) is 0 Å². The van der Waals surface area contributed by atoms with Gasteiger partial charge in [-0.15, -0.1) is 11.3 Å². The summed E-state index contributed by atoms with van der Waals surface area (Å²) < 4.78 is 27.9. The van der Waals surface area contributed by atoms with Crippen LogP contribution >= 0.6 is 11.3 Å². The highest BCUT2D eigenvalue weighted by Crippen LogP contribution is 2.39. The first-order chi connectivity index (χ1) is 14.6. The Kier molecular flexibility index (Phi) is 4.75. The molecule has 0 bridgehead atoms. The summed E-state index contributed by atoms with van der Waals surface area (Å²) in [5.74, 6) is -1.79. The number of hydrogen-bond acceptors (Lipinski definition) is 4. The Hall–Kier alpha value is -3.19. The van der Waals surface area contributed by atoms with Crippen molar-refractivity contribution in [1.29, 1.82) is 0 Å². The summed E-state index contributed by atoms with van der Waals surface area (Å²) in [5.41, 5.74) is 4.96. The van der Waals surface area contributed by atoms with Crippen LogP contribution in [0.2, 0.25) is 0 Å². The first kappa shape index (κ1) is 18.8. The molecule has 0 aliphatic heterocycles. The number of benzene rings is 2. The quantitative estimate of drug-likeness (QED) is 0.449. The SMILES string of the molecule is O=C(Cc1c(F)cccc1F)c1nc2c(s1)-c1cc(-c3cn[nH]c3)ccc1CCC2. The number of nitrogens with one attached hydrogen (secondary N) is 1. The smallest absolute Gasteiger partial charge is 0.195 e. The normalized spacial score (nSPS) is 12.9. The molecule has 150 valence electrons. The van der Waals surface area contributed by atoms with Gasteiger partial charge in [0.25, 0.3) is 0 Å². The van der Waals surface area contributed by atoms with Gasteiger partial charge in [0.1, 0.15) is 11.6 Å². The van der Waals surface area contributed by atoms with Gasteiger partial charge in [-0.05, 0) is 54.2 Å². The van der Waals surface area contributed by atoms with Gasteiger partial charge in [-0.2, -0.15) is 5.10 Å². The fourth-order valence-corrected chi connectivity index (χ4v) is 4.93. The van der Waals surface area contributed by atoms with Crippen LogP contribution in [-0.2, 0) is 19.3 Å². The number of halogens is 2. The molecule has 0 amide bonds. The first-order valence-corrected chi connectivity index (χ1v) is 10.5. The summed E-state index contributed by atoms with van der Waals surface area (Å²) in [6, 6.07) is 9.91. The number of H-pyrrole nitrogens is 1. The molecule has 4 nitrogen and oxygen atoms in total. The van der Waals surface area contributed by atoms with E-state index in [1.54, 1.807) is 6.20 Å². The Bertz CT molecular complexity index is 1230. The lowest BCUT2D eigenvalue weighted by molar-refractivity contribution is 0.0990. The Morgan fingerprint density at radius 3 is 2.70 bits per heavy atom. The number of ketones is 1. The second-order valence-electron chi connectivity index (χ2n) is 7.31. The summed E-state index contributed by atoms with van der Waals surface area (Å²) in [6.45, 7) is 0. The topological polar surface area (TPSA) is 58.6 Å². The van der Waals surface area contributed by atoms with Crippen molar-refractivity contribution in [3.63, 3.8) is 0 Å². The van der Waals surface area contributed by atoms with Crippen molar-refractivity contribution < 1.29 is 13.6 Å². The van der Waals surface area contributed by atoms with Crippen LogP contribution in [0.1, 0.15) is 33.0 Å². The Labute approximate surface area is 175 Å². The molecule has 1 aliphatic carbocycles. The molecule has 4 aromatic rings. The number of aryl methyl sites for hydroxylation is 2. The summed E-state index contributed by atoms with van der Waals surface area (Å²) in [7, 11) is 0. The number of carbonyl (C=O) groups is 1. The van der Waals surface area contributed by atoms with Gasteiger partial charge in [-0.1, -0.05) is 18.2 Å². The minimum atomic E-state index is -0.712. The minimum Gasteiger partial charge on any atom is -0.291 e. The van der Waals surface area contributed by atoms with E-state index in [2.05, 4.69) is 33.4 Å². The molecule has 0 radical (unpaired) electrons. The van der Waals surface area contributed by atoms with Crippen LogP contribution in [0.4, 0.5) is 8.78 Å². The summed E-state index contributed by atoms with van der Waals surface area (Å²) in [4.78, 5) is 18.3. The molecule has 5 rings (SSSR count). The van der Waals surface area contributed by atoms with Crippen LogP contribution < -0.4 is 0 Å². The molecular formula is C23H17F2N3OS. The Morgan fingerprint density at radius 2 is 1.93 bits per heavy atom. The van der Waals surface area contributed by atoms with Gasteiger partial charge in [-0.3, -0.25) is 9.89 Å². The first-order valence-electron chi connectivity index (χ1n) is 9.68. The summed E-state index contributed by atoms with van der Waals surface area (Å²) >= 11 is 1.31. The fraction of sp³-hybridized carbons (Fsp3) is 0.174. The highest BCUT2D eigenvalue weighted by atomic mass is 32.1. The van der Waals surface area contributed by atoms with E-state index < -0.39 is 11.6 Å². The average molecular weight is 421 g/mol. The summed E-state index contributed by atoms with van der Waals surface area (Å²) in [6.07, 6.45) is 5.90. The lowest BCUT2D eigenvalue weighted by atomic mass is 9.99. The molecule has 0 saturated carbocycles. The van der Waals surface area contributed by atoms with Gasteiger partial charge in [-0.25, -0.2) is 13.8 Å². The molecular weight excluding hydrogens is 404 g/mol. The second kappa shape index (κ2) is 7.57. The number of aromatic amines is 1. The number of hydrogen-bond donors (Lipinski definition) is 1. The number of Topliss-reactive ketones (excluding diaryl/α,β-unsaturated/α-hetero) is 1. The fourth-order valence-electron chi connectivity index (χ4n) is 3.83. The van der Waals surface area contributed by atoms with E-state index in [9.17, 15) is 13.6 Å². The molecule has 0 unspecified atom stereocenters. The molecule has 1 N–H and O–H groups in total. The Balaban J connectivity index is 1.53. The zero-order valence-corrected chi connectivity index (χ0v) is 16.7. The zero-order chi connectivity index (χ0) is 20.7. The van der Waals surface area contributed by atoms with Crippen molar-refractivity contribution in [2.75, 3.05) is 0 Å². The van der Waals surface area contributed by atoms with E-state index >= 15 is 0 Å². The van der Waals surface area contributed by atoms with Crippen molar-refractivity contribution in [2.45, 2.75) is 25.7 Å². The van der Waals surface area contributed by atoms with Gasteiger partial charge < -0.3 is 0 Å². The maximum Gasteiger partial charge on any atom is 0.195 e. The van der Waals surface area contributed by atoms with Gasteiger partial charge in [0.15, 0.2) is 10.8 Å². The van der Waals surface area contributed by atoms with Crippen LogP contribution in [0.25, 0.3) is 21.6 Å². The molecule has 7 heteroatoms. The van der Waals surface area contributed by atoms with Gasteiger partial charge in [0, 0.05) is 23.7 Å². The molecule has 2 aromatic heterocycles. The minimum absolute atomic E-state index is 0.212. The standard InChI is InChI=1S/C23H17F2N3OS/c24-18-4-2-5-19(25)17(18)10-21(29)23-28-20-6-1-3-13-7-8-14(15-11-26-27-12-15)9-16(13)22(20)30-23/h2,4-5,7-9,11-12H,1,3,6,10H2,(H,26,27). The number of carbonyl (C=O) groups excluding carboxylic acids is 1. The average Bonchev–Trinajstić information content (AvgIpc) is 3.39. The number of rotatable bonds is 4. The third-order valence-corrected chi connectivity index (χ3v) is 6.55. The molecule has 30 heavy (non-hydrogen) atoms. The van der Waals surface area contributed by atoms with Gasteiger partial charge in [0.05, 0.1) is 16.8 Å². The highest BCUT2D eigenvalue weighted by molar-refractivity contribution is 7.17. The number of thiazole rings is 1. The molecule has 0 fully saturated rings.